The Morgan fingerprint density at radius 3 is 2.42 bits per heavy atom. The Morgan fingerprint density at radius 2 is 1.81 bits per heavy atom. The molecule has 2 aliphatic heterocycles. The van der Waals surface area contributed by atoms with Gasteiger partial charge in [-0.1, -0.05) is 5.16 Å². The average molecular weight is 455 g/mol. The van der Waals surface area contributed by atoms with E-state index in [0.29, 0.717) is 25.0 Å². The molecule has 2 unspecified atom stereocenters. The van der Waals surface area contributed by atoms with E-state index < -0.39 is 16.2 Å². The maximum absolute atomic E-state index is 13.2. The number of nitrogens with one attached hydrogen (secondary N) is 1. The van der Waals surface area contributed by atoms with Gasteiger partial charge in [-0.05, 0) is 63.7 Å². The van der Waals surface area contributed by atoms with Crippen LogP contribution in [0.5, 0.6) is 0 Å². The Hall–Kier alpha value is -1.52. The fraction of sp³-hybridized carbons (Fsp3) is 0.810. The van der Waals surface area contributed by atoms with Crippen molar-refractivity contribution in [1.29, 1.82) is 0 Å². The summed E-state index contributed by atoms with van der Waals surface area (Å²) in [6.07, 6.45) is 5.95. The Morgan fingerprint density at radius 1 is 1.16 bits per heavy atom. The predicted octanol–water partition coefficient (Wildman–Crippen LogP) is 2.07. The van der Waals surface area contributed by atoms with Crippen molar-refractivity contribution in [2.24, 2.45) is 11.7 Å². The normalized spacial score (nSPS) is 38.2. The Balaban J connectivity index is 1.18. The summed E-state index contributed by atoms with van der Waals surface area (Å²) in [6.45, 7) is 0. The molecule has 1 aromatic rings. The van der Waals surface area contributed by atoms with Crippen molar-refractivity contribution >= 4 is 15.9 Å². The van der Waals surface area contributed by atoms with Gasteiger partial charge in [-0.3, -0.25) is 4.79 Å². The van der Waals surface area contributed by atoms with Crippen LogP contribution >= 0.6 is 0 Å². The second-order valence-electron chi connectivity index (χ2n) is 9.89. The minimum absolute atomic E-state index is 0.0634. The topological polar surface area (TPSA) is 119 Å². The van der Waals surface area contributed by atoms with Crippen LogP contribution in [-0.2, 0) is 10.0 Å². The van der Waals surface area contributed by atoms with Crippen molar-refractivity contribution in [3.8, 4) is 0 Å². The van der Waals surface area contributed by atoms with Crippen LogP contribution < -0.4 is 11.1 Å². The van der Waals surface area contributed by atoms with E-state index in [1.54, 1.807) is 4.31 Å². The highest BCUT2D eigenvalue weighted by Crippen LogP contribution is 2.43. The Bertz CT molecular complexity index is 916. The Labute approximate surface area is 182 Å². The number of hydrogen-bond donors (Lipinski definition) is 2. The smallest absolute Gasteiger partial charge is 0.273 e. The van der Waals surface area contributed by atoms with Gasteiger partial charge in [0.2, 0.25) is 10.0 Å². The van der Waals surface area contributed by atoms with E-state index in [2.05, 4.69) is 10.5 Å². The lowest BCUT2D eigenvalue weighted by Gasteiger charge is -2.39. The zero-order chi connectivity index (χ0) is 21.8. The maximum Gasteiger partial charge on any atom is 0.273 e. The monoisotopic (exact) mass is 454 g/mol. The van der Waals surface area contributed by atoms with Crippen molar-refractivity contribution in [3.05, 3.63) is 17.5 Å². The van der Waals surface area contributed by atoms with Crippen LogP contribution in [0.3, 0.4) is 0 Å². The molecule has 1 amide bonds. The van der Waals surface area contributed by atoms with E-state index in [0.717, 1.165) is 38.5 Å². The van der Waals surface area contributed by atoms with Crippen molar-refractivity contribution in [2.45, 2.75) is 94.0 Å². The van der Waals surface area contributed by atoms with Gasteiger partial charge in [-0.25, -0.2) is 12.8 Å². The summed E-state index contributed by atoms with van der Waals surface area (Å²) in [4.78, 5) is 12.6. The van der Waals surface area contributed by atoms with Gasteiger partial charge in [0.25, 0.3) is 5.91 Å². The van der Waals surface area contributed by atoms with Gasteiger partial charge >= 0.3 is 0 Å². The average Bonchev–Trinajstić information content (AvgIpc) is 3.13. The summed E-state index contributed by atoms with van der Waals surface area (Å²) < 4.78 is 46.4. The molecule has 0 aromatic carbocycles. The number of hydrogen-bond acceptors (Lipinski definition) is 6. The molecular formula is C21H31FN4O4S. The summed E-state index contributed by atoms with van der Waals surface area (Å²) in [5.41, 5.74) is 6.12. The van der Waals surface area contributed by atoms with Crippen molar-refractivity contribution in [2.75, 3.05) is 5.75 Å². The molecule has 4 atom stereocenters. The third-order valence-electron chi connectivity index (χ3n) is 7.50. The number of carbonyl (C=O) groups is 1. The number of nitrogens with two attached hydrogens (primary N) is 1. The van der Waals surface area contributed by atoms with Crippen LogP contribution in [0.1, 0.15) is 80.0 Å². The number of halogens is 1. The highest BCUT2D eigenvalue weighted by molar-refractivity contribution is 7.89. The summed E-state index contributed by atoms with van der Waals surface area (Å²) in [6, 6.07) is 1.50. The number of amides is 1. The number of piperidine rings is 1. The molecule has 5 rings (SSSR count). The lowest BCUT2D eigenvalue weighted by molar-refractivity contribution is 0.0900. The molecule has 3 N–H and O–H groups in total. The summed E-state index contributed by atoms with van der Waals surface area (Å²) in [5, 5.41) is 6.77. The van der Waals surface area contributed by atoms with Crippen molar-refractivity contribution in [3.63, 3.8) is 0 Å². The molecular weight excluding hydrogens is 423 g/mol. The van der Waals surface area contributed by atoms with E-state index >= 15 is 0 Å². The standard InChI is InChI=1S/C21H31FN4O4S/c22-18-9-17(18)20-10-19(25-30-20)21(27)24-14-7-15-5-6-16(8-14)26(15)31(28,29)11-12-1-3-13(23)4-2-12/h10,12-18H,1-9,11,23H2,(H,24,27)/t12?,13?,14?,15?,16?,17-,18-/m0/s1. The number of rotatable bonds is 6. The molecule has 4 fully saturated rings. The lowest BCUT2D eigenvalue weighted by atomic mass is 9.88. The minimum Gasteiger partial charge on any atom is -0.360 e. The van der Waals surface area contributed by atoms with Gasteiger partial charge in [-0.15, -0.1) is 0 Å². The summed E-state index contributed by atoms with van der Waals surface area (Å²) in [5.74, 6) is 0.201. The number of sulfonamides is 1. The molecule has 172 valence electrons. The van der Waals surface area contributed by atoms with E-state index in [9.17, 15) is 17.6 Å². The molecule has 8 nitrogen and oxygen atoms in total. The third kappa shape index (κ3) is 4.39. The van der Waals surface area contributed by atoms with E-state index in [4.69, 9.17) is 10.3 Å². The van der Waals surface area contributed by atoms with Gasteiger partial charge in [0.15, 0.2) is 5.69 Å². The van der Waals surface area contributed by atoms with Crippen molar-refractivity contribution in [1.82, 2.24) is 14.8 Å². The van der Waals surface area contributed by atoms with E-state index in [-0.39, 0.29) is 53.4 Å². The largest absolute Gasteiger partial charge is 0.360 e. The molecule has 2 saturated heterocycles. The van der Waals surface area contributed by atoms with Gasteiger partial charge in [0, 0.05) is 30.2 Å². The van der Waals surface area contributed by atoms with Gasteiger partial charge in [-0.2, -0.15) is 4.31 Å². The lowest BCUT2D eigenvalue weighted by Crippen LogP contribution is -2.53. The highest BCUT2D eigenvalue weighted by atomic mass is 32.2. The van der Waals surface area contributed by atoms with Crippen LogP contribution in [-0.4, -0.2) is 59.9 Å². The number of nitrogens with zero attached hydrogens (tertiary/aromatic N) is 2. The molecule has 1 aromatic heterocycles. The second-order valence-corrected chi connectivity index (χ2v) is 11.8. The molecule has 2 aliphatic carbocycles. The first-order chi connectivity index (χ1) is 14.8. The van der Waals surface area contributed by atoms with Crippen LogP contribution in [0.25, 0.3) is 0 Å². The predicted molar refractivity (Wildman–Crippen MR) is 112 cm³/mol. The van der Waals surface area contributed by atoms with Crippen LogP contribution in [0, 0.1) is 5.92 Å². The molecule has 2 bridgehead atoms. The van der Waals surface area contributed by atoms with E-state index in [1.807, 2.05) is 0 Å². The van der Waals surface area contributed by atoms with Crippen LogP contribution in [0.15, 0.2) is 10.6 Å². The molecule has 2 saturated carbocycles. The number of carbonyl (C=O) groups excluding carboxylic acids is 1. The molecule has 4 aliphatic rings. The van der Waals surface area contributed by atoms with Crippen LogP contribution in [0.4, 0.5) is 4.39 Å². The van der Waals surface area contributed by atoms with Gasteiger partial charge in [0.1, 0.15) is 11.9 Å². The second kappa shape index (κ2) is 8.12. The fourth-order valence-corrected chi connectivity index (χ4v) is 8.13. The van der Waals surface area contributed by atoms with Crippen molar-refractivity contribution < 1.29 is 22.1 Å². The third-order valence-corrected chi connectivity index (χ3v) is 9.63. The molecule has 0 spiro atoms. The quantitative estimate of drug-likeness (QED) is 0.679. The highest BCUT2D eigenvalue weighted by Gasteiger charge is 2.47. The SMILES string of the molecule is NC1CCC(CS(=O)(=O)N2C3CCC2CC(NC(=O)c2cc([C@H]4C[C@@H]4F)on2)C3)CC1. The minimum atomic E-state index is -3.33. The fourth-order valence-electron chi connectivity index (χ4n) is 5.73. The molecule has 3 heterocycles. The number of alkyl halides is 1. The summed E-state index contributed by atoms with van der Waals surface area (Å²) >= 11 is 0. The molecule has 0 radical (unpaired) electrons. The van der Waals surface area contributed by atoms with Gasteiger partial charge in [0.05, 0.1) is 11.7 Å². The first kappa shape index (κ1) is 21.3. The zero-order valence-electron chi connectivity index (χ0n) is 17.6. The Kier molecular flexibility index (Phi) is 5.58. The number of aromatic nitrogens is 1. The summed E-state index contributed by atoms with van der Waals surface area (Å²) in [7, 11) is -3.33. The maximum atomic E-state index is 13.2. The van der Waals surface area contributed by atoms with Gasteiger partial charge < -0.3 is 15.6 Å². The number of fused-ring (bicyclic) bond motifs is 2. The first-order valence-corrected chi connectivity index (χ1v) is 13.1. The first-order valence-electron chi connectivity index (χ1n) is 11.5. The molecule has 10 heteroatoms. The zero-order valence-corrected chi connectivity index (χ0v) is 18.4. The van der Waals surface area contributed by atoms with Crippen LogP contribution in [0.2, 0.25) is 0 Å². The molecule has 31 heavy (non-hydrogen) atoms. The van der Waals surface area contributed by atoms with E-state index in [1.165, 1.54) is 6.07 Å².